The van der Waals surface area contributed by atoms with Gasteiger partial charge in [-0.1, -0.05) is 44.0 Å². The van der Waals surface area contributed by atoms with E-state index in [1.165, 1.54) is 0 Å². The molecule has 0 bridgehead atoms. The molecule has 3 nitrogen and oxygen atoms in total. The molecule has 1 aromatic heterocycles. The summed E-state index contributed by atoms with van der Waals surface area (Å²) in [5.74, 6) is 1.15. The van der Waals surface area contributed by atoms with Crippen LogP contribution < -0.4 is 4.74 Å². The number of benzene rings is 1. The van der Waals surface area contributed by atoms with Gasteiger partial charge in [0, 0.05) is 11.0 Å². The number of halogens is 3. The maximum Gasteiger partial charge on any atom is 0.161 e. The normalized spacial score (nSPS) is 11.6. The lowest BCUT2D eigenvalue weighted by molar-refractivity contribution is 0.415. The van der Waals surface area contributed by atoms with Crippen molar-refractivity contribution in [2.24, 2.45) is 0 Å². The van der Waals surface area contributed by atoms with Crippen molar-refractivity contribution in [1.29, 1.82) is 0 Å². The van der Waals surface area contributed by atoms with E-state index < -0.39 is 0 Å². The number of aromatic nitrogens is 2. The van der Waals surface area contributed by atoms with Crippen molar-refractivity contribution in [3.8, 4) is 17.1 Å². The molecule has 0 aliphatic rings. The number of hydrogen-bond donors (Lipinski definition) is 0. The van der Waals surface area contributed by atoms with Crippen LogP contribution >= 0.6 is 39.1 Å². The molecule has 0 radical (unpaired) electrons. The van der Waals surface area contributed by atoms with E-state index in [1.807, 2.05) is 6.07 Å². The van der Waals surface area contributed by atoms with Gasteiger partial charge < -0.3 is 4.74 Å². The highest BCUT2D eigenvalue weighted by atomic mass is 79.9. The van der Waals surface area contributed by atoms with Gasteiger partial charge in [-0.25, -0.2) is 9.97 Å². The Morgan fingerprint density at radius 3 is 2.33 bits per heavy atom. The molecular weight excluding hydrogens is 375 g/mol. The van der Waals surface area contributed by atoms with Crippen LogP contribution in [0.2, 0.25) is 10.2 Å². The Balaban J connectivity index is 2.60. The van der Waals surface area contributed by atoms with Crippen molar-refractivity contribution in [3.05, 3.63) is 38.5 Å². The molecule has 0 fully saturated rings. The second-order valence-electron chi connectivity index (χ2n) is 5.60. The standard InChI is InChI=1S/C15H15BrCl2N2O/c1-15(2,3)12-11(16)13(18)20-14(19-12)8-5-6-10(21-4)9(17)7-8/h5-7H,1-4H3. The van der Waals surface area contributed by atoms with Gasteiger partial charge in [-0.2, -0.15) is 0 Å². The first-order chi connectivity index (χ1) is 9.74. The quantitative estimate of drug-likeness (QED) is 0.634. The van der Waals surface area contributed by atoms with Gasteiger partial charge in [0.25, 0.3) is 0 Å². The van der Waals surface area contributed by atoms with Crippen molar-refractivity contribution in [3.63, 3.8) is 0 Å². The van der Waals surface area contributed by atoms with Crippen LogP contribution in [0.1, 0.15) is 26.5 Å². The lowest BCUT2D eigenvalue weighted by Gasteiger charge is -2.20. The Morgan fingerprint density at radius 2 is 1.81 bits per heavy atom. The molecule has 0 saturated heterocycles. The monoisotopic (exact) mass is 388 g/mol. The fourth-order valence-electron chi connectivity index (χ4n) is 1.85. The summed E-state index contributed by atoms with van der Waals surface area (Å²) in [6.45, 7) is 6.21. The molecule has 0 spiro atoms. The Kier molecular flexibility index (Phi) is 4.81. The zero-order chi connectivity index (χ0) is 15.8. The van der Waals surface area contributed by atoms with E-state index in [0.717, 1.165) is 15.7 Å². The average molecular weight is 390 g/mol. The largest absolute Gasteiger partial charge is 0.495 e. The van der Waals surface area contributed by atoms with E-state index in [0.29, 0.717) is 21.7 Å². The van der Waals surface area contributed by atoms with Crippen LogP contribution in [0.3, 0.4) is 0 Å². The van der Waals surface area contributed by atoms with Gasteiger partial charge in [0.15, 0.2) is 5.82 Å². The number of methoxy groups -OCH3 is 1. The van der Waals surface area contributed by atoms with Gasteiger partial charge in [-0.3, -0.25) is 0 Å². The molecule has 0 aliphatic carbocycles. The molecule has 21 heavy (non-hydrogen) atoms. The third-order valence-electron chi connectivity index (χ3n) is 2.93. The summed E-state index contributed by atoms with van der Waals surface area (Å²) in [7, 11) is 1.57. The van der Waals surface area contributed by atoms with E-state index in [-0.39, 0.29) is 5.41 Å². The Hall–Kier alpha value is -0.840. The Morgan fingerprint density at radius 1 is 1.14 bits per heavy atom. The highest BCUT2D eigenvalue weighted by Crippen LogP contribution is 2.35. The van der Waals surface area contributed by atoms with Gasteiger partial charge in [-0.15, -0.1) is 0 Å². The molecule has 2 aromatic rings. The van der Waals surface area contributed by atoms with Crippen LogP contribution in [0.25, 0.3) is 11.4 Å². The molecule has 6 heteroatoms. The molecular formula is C15H15BrCl2N2O. The first-order valence-corrected chi connectivity index (χ1v) is 7.86. The predicted molar refractivity (Wildman–Crippen MR) is 90.4 cm³/mol. The predicted octanol–water partition coefficient (Wildman–Crippen LogP) is 5.52. The second kappa shape index (κ2) is 6.11. The van der Waals surface area contributed by atoms with Crippen LogP contribution in [0.15, 0.2) is 22.7 Å². The topological polar surface area (TPSA) is 35.0 Å². The summed E-state index contributed by atoms with van der Waals surface area (Å²) >= 11 is 15.8. The van der Waals surface area contributed by atoms with Crippen molar-refractivity contribution >= 4 is 39.1 Å². The average Bonchev–Trinajstić information content (AvgIpc) is 2.40. The molecule has 2 rings (SSSR count). The fourth-order valence-corrected chi connectivity index (χ4v) is 3.05. The van der Waals surface area contributed by atoms with E-state index >= 15 is 0 Å². The molecule has 1 aromatic carbocycles. The molecule has 0 saturated carbocycles. The van der Waals surface area contributed by atoms with Gasteiger partial charge in [-0.05, 0) is 34.1 Å². The van der Waals surface area contributed by atoms with Gasteiger partial charge in [0.05, 0.1) is 22.3 Å². The van der Waals surface area contributed by atoms with Crippen molar-refractivity contribution < 1.29 is 4.74 Å². The van der Waals surface area contributed by atoms with Crippen molar-refractivity contribution in [2.45, 2.75) is 26.2 Å². The lowest BCUT2D eigenvalue weighted by Crippen LogP contribution is -2.16. The minimum Gasteiger partial charge on any atom is -0.495 e. The molecule has 0 amide bonds. The summed E-state index contributed by atoms with van der Waals surface area (Å²) in [5.41, 5.74) is 1.49. The molecule has 0 N–H and O–H groups in total. The number of rotatable bonds is 2. The van der Waals surface area contributed by atoms with Crippen LogP contribution in [0.5, 0.6) is 5.75 Å². The van der Waals surface area contributed by atoms with Crippen LogP contribution in [0.4, 0.5) is 0 Å². The summed E-state index contributed by atoms with van der Waals surface area (Å²) in [6.07, 6.45) is 0. The molecule has 0 unspecified atom stereocenters. The van der Waals surface area contributed by atoms with Crippen LogP contribution in [-0.4, -0.2) is 17.1 Å². The minimum absolute atomic E-state index is 0.156. The molecule has 0 atom stereocenters. The fraction of sp³-hybridized carbons (Fsp3) is 0.333. The lowest BCUT2D eigenvalue weighted by atomic mass is 9.92. The second-order valence-corrected chi connectivity index (χ2v) is 7.16. The van der Waals surface area contributed by atoms with Crippen LogP contribution in [-0.2, 0) is 5.41 Å². The number of ether oxygens (including phenoxy) is 1. The zero-order valence-electron chi connectivity index (χ0n) is 12.2. The third kappa shape index (κ3) is 3.50. The first kappa shape index (κ1) is 16.5. The zero-order valence-corrected chi connectivity index (χ0v) is 15.3. The molecule has 1 heterocycles. The van der Waals surface area contributed by atoms with Crippen molar-refractivity contribution in [2.75, 3.05) is 7.11 Å². The summed E-state index contributed by atoms with van der Waals surface area (Å²) in [4.78, 5) is 8.95. The maximum absolute atomic E-state index is 6.22. The van der Waals surface area contributed by atoms with E-state index in [9.17, 15) is 0 Å². The Bertz CT molecular complexity index is 684. The number of nitrogens with zero attached hydrogens (tertiary/aromatic N) is 2. The Labute approximate surface area is 142 Å². The SMILES string of the molecule is COc1ccc(-c2nc(Cl)c(Br)c(C(C)(C)C)n2)cc1Cl. The van der Waals surface area contributed by atoms with Crippen LogP contribution in [0, 0.1) is 0 Å². The molecule has 112 valence electrons. The molecule has 0 aliphatic heterocycles. The van der Waals surface area contributed by atoms with E-state index in [4.69, 9.17) is 27.9 Å². The summed E-state index contributed by atoms with van der Waals surface area (Å²) in [5, 5.41) is 0.895. The van der Waals surface area contributed by atoms with Crippen molar-refractivity contribution in [1.82, 2.24) is 9.97 Å². The third-order valence-corrected chi connectivity index (χ3v) is 4.48. The first-order valence-electron chi connectivity index (χ1n) is 6.31. The minimum atomic E-state index is -0.156. The van der Waals surface area contributed by atoms with Gasteiger partial charge in [0.1, 0.15) is 10.9 Å². The summed E-state index contributed by atoms with van der Waals surface area (Å²) in [6, 6.07) is 5.41. The van der Waals surface area contributed by atoms with Gasteiger partial charge >= 0.3 is 0 Å². The smallest absolute Gasteiger partial charge is 0.161 e. The van der Waals surface area contributed by atoms with E-state index in [1.54, 1.807) is 19.2 Å². The summed E-state index contributed by atoms with van der Waals surface area (Å²) < 4.78 is 5.87. The van der Waals surface area contributed by atoms with Gasteiger partial charge in [0.2, 0.25) is 0 Å². The highest BCUT2D eigenvalue weighted by molar-refractivity contribution is 9.10. The highest BCUT2D eigenvalue weighted by Gasteiger charge is 2.23. The maximum atomic E-state index is 6.22. The van der Waals surface area contributed by atoms with E-state index in [2.05, 4.69) is 46.7 Å². The number of hydrogen-bond acceptors (Lipinski definition) is 3.